The Hall–Kier alpha value is -3.71. The number of nitrogens with two attached hydrogens (primary N) is 2. The van der Waals surface area contributed by atoms with E-state index in [0.717, 1.165) is 5.56 Å². The summed E-state index contributed by atoms with van der Waals surface area (Å²) < 4.78 is 0. The zero-order valence-electron chi connectivity index (χ0n) is 19.5. The van der Waals surface area contributed by atoms with Gasteiger partial charge >= 0.3 is 0 Å². The highest BCUT2D eigenvalue weighted by Gasteiger charge is 2.23. The molecule has 1 amide bonds. The van der Waals surface area contributed by atoms with Gasteiger partial charge < -0.3 is 27.2 Å². The van der Waals surface area contributed by atoms with Crippen molar-refractivity contribution < 1.29 is 9.90 Å². The molecule has 34 heavy (non-hydrogen) atoms. The van der Waals surface area contributed by atoms with Crippen LogP contribution in [0.4, 0.5) is 11.4 Å². The Morgan fingerprint density at radius 2 is 1.79 bits per heavy atom. The lowest BCUT2D eigenvalue weighted by molar-refractivity contribution is -0.120. The van der Waals surface area contributed by atoms with E-state index < -0.39 is 0 Å². The van der Waals surface area contributed by atoms with E-state index in [9.17, 15) is 9.90 Å². The first kappa shape index (κ1) is 24.9. The van der Waals surface area contributed by atoms with Crippen LogP contribution in [-0.2, 0) is 17.8 Å². The van der Waals surface area contributed by atoms with Crippen molar-refractivity contribution in [2.24, 2.45) is 5.73 Å². The second kappa shape index (κ2) is 10.1. The first-order valence-electron chi connectivity index (χ1n) is 10.8. The lowest BCUT2D eigenvalue weighted by atomic mass is 9.94. The maximum absolute atomic E-state index is 12.9. The molecule has 0 aliphatic carbocycles. The van der Waals surface area contributed by atoms with Gasteiger partial charge in [0.25, 0.3) is 0 Å². The molecule has 0 aliphatic rings. The second-order valence-electron chi connectivity index (χ2n) is 9.17. The van der Waals surface area contributed by atoms with Gasteiger partial charge in [-0.3, -0.25) is 10.2 Å². The van der Waals surface area contributed by atoms with Crippen LogP contribution in [0.15, 0.2) is 54.6 Å². The van der Waals surface area contributed by atoms with E-state index in [4.69, 9.17) is 28.5 Å². The lowest BCUT2D eigenvalue weighted by Gasteiger charge is -2.25. The molecule has 0 heterocycles. The predicted octanol–water partition coefficient (Wildman–Crippen LogP) is 4.65. The highest BCUT2D eigenvalue weighted by atomic mass is 35.5. The molecule has 3 aromatic carbocycles. The maximum atomic E-state index is 12.9. The Morgan fingerprint density at radius 3 is 2.38 bits per heavy atom. The molecule has 8 N–H and O–H groups in total. The molecule has 3 aromatic rings. The summed E-state index contributed by atoms with van der Waals surface area (Å²) in [6.45, 7) is 6.20. The minimum absolute atomic E-state index is 0.0132. The molecule has 0 saturated carbocycles. The van der Waals surface area contributed by atoms with Gasteiger partial charge in [0.1, 0.15) is 11.6 Å². The molecule has 0 radical (unpaired) electrons. The van der Waals surface area contributed by atoms with Crippen molar-refractivity contribution in [1.82, 2.24) is 5.32 Å². The molecule has 0 atom stereocenters. The van der Waals surface area contributed by atoms with Crippen molar-refractivity contribution in [3.63, 3.8) is 0 Å². The van der Waals surface area contributed by atoms with Gasteiger partial charge in [-0.1, -0.05) is 48.0 Å². The van der Waals surface area contributed by atoms with Crippen LogP contribution in [0.5, 0.6) is 5.75 Å². The van der Waals surface area contributed by atoms with Crippen molar-refractivity contribution in [1.29, 1.82) is 5.41 Å². The van der Waals surface area contributed by atoms with Gasteiger partial charge in [0.05, 0.1) is 17.1 Å². The molecule has 178 valence electrons. The third-order valence-electron chi connectivity index (χ3n) is 5.13. The summed E-state index contributed by atoms with van der Waals surface area (Å²) in [6.07, 6.45) is -0.0825. The summed E-state index contributed by atoms with van der Waals surface area (Å²) in [5.41, 5.74) is 15.3. The van der Waals surface area contributed by atoms with Crippen molar-refractivity contribution in [2.75, 3.05) is 11.1 Å². The Bertz CT molecular complexity index is 1220. The number of rotatable bonds is 7. The minimum atomic E-state index is -0.328. The summed E-state index contributed by atoms with van der Waals surface area (Å²) in [4.78, 5) is 12.9. The van der Waals surface area contributed by atoms with Gasteiger partial charge in [-0.05, 0) is 50.1 Å². The molecule has 7 nitrogen and oxygen atoms in total. The van der Waals surface area contributed by atoms with E-state index >= 15 is 0 Å². The van der Waals surface area contributed by atoms with E-state index in [2.05, 4.69) is 10.6 Å². The second-order valence-corrected chi connectivity index (χ2v) is 9.58. The number of benzene rings is 3. The fourth-order valence-electron chi connectivity index (χ4n) is 3.60. The monoisotopic (exact) mass is 479 g/mol. The highest BCUT2D eigenvalue weighted by molar-refractivity contribution is 6.34. The van der Waals surface area contributed by atoms with Crippen LogP contribution in [0.2, 0.25) is 5.02 Å². The standard InChI is InChI=1S/C26H30ClN5O2/c1-26(2,3)32-21-13-20(27)23(17-5-4-6-18(28)11-17)19(24(21)34)12-22(33)31-14-15-7-9-16(10-8-15)25(29)30/h4-11,13,32,34H,12,14,28H2,1-3H3,(H3,29,30)(H,31,33). The van der Waals surface area contributed by atoms with Crippen LogP contribution in [0.1, 0.15) is 37.5 Å². The summed E-state index contributed by atoms with van der Waals surface area (Å²) in [6, 6.07) is 15.9. The first-order chi connectivity index (χ1) is 15.9. The minimum Gasteiger partial charge on any atom is -0.505 e. The number of hydrogen-bond acceptors (Lipinski definition) is 5. The molecular formula is C26H30ClN5O2. The van der Waals surface area contributed by atoms with Gasteiger partial charge in [0, 0.05) is 34.5 Å². The van der Waals surface area contributed by atoms with E-state index in [0.29, 0.717) is 45.2 Å². The number of phenolic OH excluding ortho intramolecular Hbond substituents is 1. The summed E-state index contributed by atoms with van der Waals surface area (Å²) in [5, 5.41) is 25.1. The van der Waals surface area contributed by atoms with E-state index in [-0.39, 0.29) is 29.5 Å². The van der Waals surface area contributed by atoms with Crippen LogP contribution in [0, 0.1) is 5.41 Å². The number of halogens is 1. The number of aromatic hydroxyl groups is 1. The number of anilines is 2. The maximum Gasteiger partial charge on any atom is 0.224 e. The van der Waals surface area contributed by atoms with Crippen molar-refractivity contribution in [3.05, 3.63) is 76.3 Å². The summed E-state index contributed by atoms with van der Waals surface area (Å²) in [7, 11) is 0. The van der Waals surface area contributed by atoms with E-state index in [1.165, 1.54) is 0 Å². The third kappa shape index (κ3) is 6.20. The number of nitrogens with one attached hydrogen (secondary N) is 3. The highest BCUT2D eigenvalue weighted by Crippen LogP contribution is 2.43. The first-order valence-corrected chi connectivity index (χ1v) is 11.2. The largest absolute Gasteiger partial charge is 0.505 e. The number of amidine groups is 1. The fourth-order valence-corrected chi connectivity index (χ4v) is 3.93. The summed E-state index contributed by atoms with van der Waals surface area (Å²) in [5.74, 6) is -0.321. The lowest BCUT2D eigenvalue weighted by Crippen LogP contribution is -2.27. The van der Waals surface area contributed by atoms with Crippen LogP contribution in [-0.4, -0.2) is 22.4 Å². The van der Waals surface area contributed by atoms with Crippen LogP contribution in [0.3, 0.4) is 0 Å². The molecule has 0 fully saturated rings. The average Bonchev–Trinajstić information content (AvgIpc) is 2.75. The number of carbonyl (C=O) groups is 1. The van der Waals surface area contributed by atoms with Crippen LogP contribution in [0.25, 0.3) is 11.1 Å². The average molecular weight is 480 g/mol. The zero-order valence-corrected chi connectivity index (χ0v) is 20.3. The number of amides is 1. The van der Waals surface area contributed by atoms with Crippen molar-refractivity contribution in [3.8, 4) is 16.9 Å². The third-order valence-corrected chi connectivity index (χ3v) is 5.43. The molecule has 3 rings (SSSR count). The Labute approximate surface area is 204 Å². The van der Waals surface area contributed by atoms with Crippen molar-refractivity contribution >= 4 is 34.7 Å². The van der Waals surface area contributed by atoms with E-state index in [1.807, 2.05) is 26.8 Å². The fraction of sp³-hybridized carbons (Fsp3) is 0.231. The van der Waals surface area contributed by atoms with Crippen molar-refractivity contribution in [2.45, 2.75) is 39.3 Å². The van der Waals surface area contributed by atoms with Crippen LogP contribution >= 0.6 is 11.6 Å². The molecule has 0 aliphatic heterocycles. The Morgan fingerprint density at radius 1 is 1.12 bits per heavy atom. The van der Waals surface area contributed by atoms with Gasteiger partial charge in [0.2, 0.25) is 5.91 Å². The number of carbonyl (C=O) groups excluding carboxylic acids is 1. The van der Waals surface area contributed by atoms with Gasteiger partial charge in [-0.15, -0.1) is 0 Å². The number of hydrogen-bond donors (Lipinski definition) is 6. The Balaban J connectivity index is 1.92. The quantitative estimate of drug-likeness (QED) is 0.127. The Kier molecular flexibility index (Phi) is 7.37. The molecule has 0 spiro atoms. The topological polar surface area (TPSA) is 137 Å². The van der Waals surface area contributed by atoms with Gasteiger partial charge in [-0.2, -0.15) is 0 Å². The predicted molar refractivity (Wildman–Crippen MR) is 139 cm³/mol. The van der Waals surface area contributed by atoms with Crippen LogP contribution < -0.4 is 22.1 Å². The molecule has 8 heteroatoms. The molecule has 0 saturated heterocycles. The summed E-state index contributed by atoms with van der Waals surface area (Å²) >= 11 is 6.67. The van der Waals surface area contributed by atoms with Gasteiger partial charge in [0.15, 0.2) is 0 Å². The molecule has 0 unspecified atom stereocenters. The molecular weight excluding hydrogens is 450 g/mol. The zero-order chi connectivity index (χ0) is 25.0. The van der Waals surface area contributed by atoms with E-state index in [1.54, 1.807) is 48.5 Å². The SMILES string of the molecule is CC(C)(C)Nc1cc(Cl)c(-c2cccc(N)c2)c(CC(=O)NCc2ccc(C(=N)N)cc2)c1O. The van der Waals surface area contributed by atoms with Gasteiger partial charge in [-0.25, -0.2) is 0 Å². The smallest absolute Gasteiger partial charge is 0.224 e. The molecule has 0 aromatic heterocycles. The normalized spacial score (nSPS) is 11.2. The number of nitrogen functional groups attached to an aromatic ring is 2. The molecule has 0 bridgehead atoms. The number of phenols is 1.